The predicted molar refractivity (Wildman–Crippen MR) is 96.1 cm³/mol. The van der Waals surface area contributed by atoms with Gasteiger partial charge in [0.05, 0.1) is 5.92 Å². The van der Waals surface area contributed by atoms with Crippen LogP contribution in [0.5, 0.6) is 11.5 Å². The second kappa shape index (κ2) is 8.59. The number of hydrogen-bond acceptors (Lipinski definition) is 7. The summed E-state index contributed by atoms with van der Waals surface area (Å²) in [5.74, 6) is -1.18. The van der Waals surface area contributed by atoms with Crippen LogP contribution in [0.15, 0.2) is 18.2 Å². The number of ether oxygens (including phenoxy) is 3. The summed E-state index contributed by atoms with van der Waals surface area (Å²) in [4.78, 5) is 48.8. The Labute approximate surface area is 161 Å². The van der Waals surface area contributed by atoms with Gasteiger partial charge in [0.25, 0.3) is 5.91 Å². The van der Waals surface area contributed by atoms with Gasteiger partial charge in [-0.15, -0.1) is 0 Å². The lowest BCUT2D eigenvalue weighted by atomic mass is 10.1. The number of fused-ring (bicyclic) bond motifs is 1. The molecule has 0 unspecified atom stereocenters. The topological polar surface area (TPSA) is 123 Å². The van der Waals surface area contributed by atoms with E-state index >= 15 is 0 Å². The van der Waals surface area contributed by atoms with Crippen LogP contribution < -0.4 is 25.0 Å². The highest BCUT2D eigenvalue weighted by Crippen LogP contribution is 2.36. The summed E-state index contributed by atoms with van der Waals surface area (Å²) in [5.41, 5.74) is 0.596. The zero-order chi connectivity index (χ0) is 20.1. The Morgan fingerprint density at radius 3 is 2.71 bits per heavy atom. The van der Waals surface area contributed by atoms with Crippen molar-refractivity contribution in [3.63, 3.8) is 0 Å². The third-order valence-corrected chi connectivity index (χ3v) is 4.23. The summed E-state index contributed by atoms with van der Waals surface area (Å²) >= 11 is 0. The van der Waals surface area contributed by atoms with Gasteiger partial charge in [-0.3, -0.25) is 19.7 Å². The Morgan fingerprint density at radius 1 is 1.21 bits per heavy atom. The molecular formula is C18H21N3O7. The van der Waals surface area contributed by atoms with E-state index in [0.29, 0.717) is 36.9 Å². The number of carbonyl (C=O) groups excluding carboxylic acids is 4. The van der Waals surface area contributed by atoms with Crippen LogP contribution in [0.1, 0.15) is 13.3 Å². The first kappa shape index (κ1) is 19.5. The highest BCUT2D eigenvalue weighted by atomic mass is 16.6. The summed E-state index contributed by atoms with van der Waals surface area (Å²) < 4.78 is 15.9. The Morgan fingerprint density at radius 2 is 1.96 bits per heavy atom. The standard InChI is InChI=1S/C18H21N3O7/c1-2-19-18(25)20-15(22)10-28-17(24)11-7-16(23)21(9-11)12-3-4-13-14(8-12)27-6-5-26-13/h3-4,8,11H,2,5-7,9-10H2,1H3,(H2,19,20,22,25)/t11-/m1/s1. The highest BCUT2D eigenvalue weighted by molar-refractivity contribution is 6.00. The zero-order valence-electron chi connectivity index (χ0n) is 15.4. The van der Waals surface area contributed by atoms with Crippen molar-refractivity contribution in [2.75, 3.05) is 37.8 Å². The maximum Gasteiger partial charge on any atom is 0.321 e. The lowest BCUT2D eigenvalue weighted by molar-refractivity contribution is -0.152. The fourth-order valence-electron chi connectivity index (χ4n) is 2.94. The quantitative estimate of drug-likeness (QED) is 0.687. The Balaban J connectivity index is 1.54. The largest absolute Gasteiger partial charge is 0.486 e. The number of esters is 1. The lowest BCUT2D eigenvalue weighted by Gasteiger charge is -2.22. The molecule has 0 aliphatic carbocycles. The number of nitrogens with one attached hydrogen (secondary N) is 2. The molecule has 0 bridgehead atoms. The number of carbonyl (C=O) groups is 4. The molecule has 1 saturated heterocycles. The summed E-state index contributed by atoms with van der Waals surface area (Å²) in [5, 5.41) is 4.42. The fourth-order valence-corrected chi connectivity index (χ4v) is 2.94. The van der Waals surface area contributed by atoms with E-state index in [9.17, 15) is 19.2 Å². The maximum atomic E-state index is 12.3. The van der Waals surface area contributed by atoms with E-state index in [2.05, 4.69) is 5.32 Å². The van der Waals surface area contributed by atoms with E-state index in [4.69, 9.17) is 14.2 Å². The first-order valence-corrected chi connectivity index (χ1v) is 8.92. The fraction of sp³-hybridized carbons (Fsp3) is 0.444. The number of benzene rings is 1. The molecule has 10 nitrogen and oxygen atoms in total. The van der Waals surface area contributed by atoms with Crippen LogP contribution in [0.25, 0.3) is 0 Å². The minimum Gasteiger partial charge on any atom is -0.486 e. The van der Waals surface area contributed by atoms with Crippen LogP contribution in [0, 0.1) is 5.92 Å². The van der Waals surface area contributed by atoms with Gasteiger partial charge in [0.1, 0.15) is 13.2 Å². The minimum absolute atomic E-state index is 0.0226. The first-order valence-electron chi connectivity index (χ1n) is 8.92. The predicted octanol–water partition coefficient (Wildman–Crippen LogP) is 0.200. The van der Waals surface area contributed by atoms with Gasteiger partial charge < -0.3 is 24.4 Å². The molecule has 2 aliphatic rings. The molecule has 3 rings (SSSR count). The smallest absolute Gasteiger partial charge is 0.321 e. The molecule has 10 heteroatoms. The van der Waals surface area contributed by atoms with Gasteiger partial charge in [0.2, 0.25) is 5.91 Å². The van der Waals surface area contributed by atoms with E-state index in [1.165, 1.54) is 4.90 Å². The van der Waals surface area contributed by atoms with Gasteiger partial charge in [-0.1, -0.05) is 0 Å². The number of amides is 4. The summed E-state index contributed by atoms with van der Waals surface area (Å²) in [6, 6.07) is 4.47. The molecule has 0 aromatic heterocycles. The lowest BCUT2D eigenvalue weighted by Crippen LogP contribution is -2.41. The highest BCUT2D eigenvalue weighted by Gasteiger charge is 2.36. The number of rotatable bonds is 5. The summed E-state index contributed by atoms with van der Waals surface area (Å²) in [7, 11) is 0. The molecule has 0 spiro atoms. The molecule has 1 aromatic carbocycles. The van der Waals surface area contributed by atoms with Crippen molar-refractivity contribution in [3.8, 4) is 11.5 Å². The third-order valence-electron chi connectivity index (χ3n) is 4.23. The van der Waals surface area contributed by atoms with E-state index in [-0.39, 0.29) is 18.9 Å². The van der Waals surface area contributed by atoms with Crippen molar-refractivity contribution < 1.29 is 33.4 Å². The van der Waals surface area contributed by atoms with Crippen LogP contribution in [0.2, 0.25) is 0 Å². The third kappa shape index (κ3) is 4.51. The normalized spacial score (nSPS) is 17.8. The van der Waals surface area contributed by atoms with Crippen molar-refractivity contribution in [2.24, 2.45) is 5.92 Å². The summed E-state index contributed by atoms with van der Waals surface area (Å²) in [6.45, 7) is 2.50. The first-order chi connectivity index (χ1) is 13.5. The number of urea groups is 1. The molecule has 2 heterocycles. The average molecular weight is 391 g/mol. The van der Waals surface area contributed by atoms with E-state index < -0.39 is 30.4 Å². The van der Waals surface area contributed by atoms with Crippen LogP contribution in [0.4, 0.5) is 10.5 Å². The molecule has 2 aliphatic heterocycles. The molecule has 150 valence electrons. The van der Waals surface area contributed by atoms with Gasteiger partial charge >= 0.3 is 12.0 Å². The Hall–Kier alpha value is -3.30. The van der Waals surface area contributed by atoms with Gasteiger partial charge in [-0.05, 0) is 19.1 Å². The van der Waals surface area contributed by atoms with Crippen LogP contribution in [-0.4, -0.2) is 56.7 Å². The molecule has 1 aromatic rings. The Kier molecular flexibility index (Phi) is 5.97. The van der Waals surface area contributed by atoms with Crippen molar-refractivity contribution in [3.05, 3.63) is 18.2 Å². The molecular weight excluding hydrogens is 370 g/mol. The number of anilines is 1. The van der Waals surface area contributed by atoms with Gasteiger partial charge in [0.15, 0.2) is 18.1 Å². The van der Waals surface area contributed by atoms with Crippen molar-refractivity contribution in [1.29, 1.82) is 0 Å². The summed E-state index contributed by atoms with van der Waals surface area (Å²) in [6.07, 6.45) is -0.0226. The van der Waals surface area contributed by atoms with E-state index in [0.717, 1.165) is 0 Å². The molecule has 1 fully saturated rings. The second-order valence-corrected chi connectivity index (χ2v) is 6.25. The maximum absolute atomic E-state index is 12.3. The van der Waals surface area contributed by atoms with Crippen molar-refractivity contribution >= 4 is 29.5 Å². The molecule has 28 heavy (non-hydrogen) atoms. The average Bonchev–Trinajstić information content (AvgIpc) is 3.07. The number of hydrogen-bond donors (Lipinski definition) is 2. The second-order valence-electron chi connectivity index (χ2n) is 6.25. The Bertz CT molecular complexity index is 795. The van der Waals surface area contributed by atoms with Crippen molar-refractivity contribution in [2.45, 2.75) is 13.3 Å². The molecule has 0 saturated carbocycles. The monoisotopic (exact) mass is 391 g/mol. The van der Waals surface area contributed by atoms with Gasteiger partial charge in [-0.25, -0.2) is 4.79 Å². The number of imide groups is 1. The van der Waals surface area contributed by atoms with Crippen molar-refractivity contribution in [1.82, 2.24) is 10.6 Å². The molecule has 2 N–H and O–H groups in total. The zero-order valence-corrected chi connectivity index (χ0v) is 15.4. The SMILES string of the molecule is CCNC(=O)NC(=O)COC(=O)[C@@H]1CC(=O)N(c2ccc3c(c2)OCCO3)C1. The van der Waals surface area contributed by atoms with Crippen LogP contribution in [0.3, 0.4) is 0 Å². The van der Waals surface area contributed by atoms with Crippen LogP contribution >= 0.6 is 0 Å². The van der Waals surface area contributed by atoms with E-state index in [1.54, 1.807) is 25.1 Å². The van der Waals surface area contributed by atoms with Gasteiger partial charge in [-0.2, -0.15) is 0 Å². The molecule has 0 radical (unpaired) electrons. The number of nitrogens with zero attached hydrogens (tertiary/aromatic N) is 1. The molecule has 4 amide bonds. The molecule has 1 atom stereocenters. The minimum atomic E-state index is -0.743. The van der Waals surface area contributed by atoms with E-state index in [1.807, 2.05) is 5.32 Å². The van der Waals surface area contributed by atoms with Crippen LogP contribution in [-0.2, 0) is 19.1 Å². The van der Waals surface area contributed by atoms with Gasteiger partial charge in [0, 0.05) is 31.3 Å².